The van der Waals surface area contributed by atoms with E-state index in [1.807, 2.05) is 0 Å². The number of nitrogens with one attached hydrogen (secondary N) is 1. The zero-order chi connectivity index (χ0) is 13.9. The van der Waals surface area contributed by atoms with Gasteiger partial charge in [0, 0.05) is 11.4 Å². The first-order valence-electron chi connectivity index (χ1n) is 6.36. The summed E-state index contributed by atoms with van der Waals surface area (Å²) in [5.74, 6) is -1.85. The number of rotatable bonds is 4. The van der Waals surface area contributed by atoms with E-state index in [9.17, 15) is 13.6 Å². The number of carbonyl (C=O) groups excluding carboxylic acids is 1. The predicted octanol–water partition coefficient (Wildman–Crippen LogP) is 3.18. The van der Waals surface area contributed by atoms with Gasteiger partial charge in [-0.3, -0.25) is 4.79 Å². The second-order valence-electron chi connectivity index (χ2n) is 5.06. The van der Waals surface area contributed by atoms with Crippen LogP contribution in [0.5, 0.6) is 0 Å². The van der Waals surface area contributed by atoms with Crippen LogP contribution in [0.15, 0.2) is 18.2 Å². The SMILES string of the molecule is O=C(Cc1cccc(F)c1F)NC1(CCl)CCCC1. The van der Waals surface area contributed by atoms with Crippen molar-refractivity contribution in [3.8, 4) is 0 Å². The summed E-state index contributed by atoms with van der Waals surface area (Å²) < 4.78 is 26.5. The maximum atomic E-state index is 13.5. The van der Waals surface area contributed by atoms with E-state index in [-0.39, 0.29) is 23.4 Å². The lowest BCUT2D eigenvalue weighted by molar-refractivity contribution is -0.122. The lowest BCUT2D eigenvalue weighted by atomic mass is 9.99. The van der Waals surface area contributed by atoms with E-state index < -0.39 is 11.6 Å². The van der Waals surface area contributed by atoms with Crippen LogP contribution in [0.2, 0.25) is 0 Å². The minimum atomic E-state index is -0.955. The highest BCUT2D eigenvalue weighted by Gasteiger charge is 2.34. The van der Waals surface area contributed by atoms with E-state index in [2.05, 4.69) is 5.32 Å². The number of hydrogen-bond acceptors (Lipinski definition) is 1. The lowest BCUT2D eigenvalue weighted by Gasteiger charge is -2.27. The molecular weight excluding hydrogens is 272 g/mol. The van der Waals surface area contributed by atoms with Crippen LogP contribution in [-0.4, -0.2) is 17.3 Å². The quantitative estimate of drug-likeness (QED) is 0.847. The number of alkyl halides is 1. The summed E-state index contributed by atoms with van der Waals surface area (Å²) in [5, 5.41) is 2.88. The topological polar surface area (TPSA) is 29.1 Å². The zero-order valence-corrected chi connectivity index (χ0v) is 11.3. The van der Waals surface area contributed by atoms with Crippen LogP contribution in [0.3, 0.4) is 0 Å². The van der Waals surface area contributed by atoms with Crippen molar-refractivity contribution in [2.75, 3.05) is 5.88 Å². The van der Waals surface area contributed by atoms with Crippen LogP contribution in [0.25, 0.3) is 0 Å². The first-order chi connectivity index (χ1) is 9.06. The van der Waals surface area contributed by atoms with Crippen LogP contribution in [-0.2, 0) is 11.2 Å². The van der Waals surface area contributed by atoms with Gasteiger partial charge < -0.3 is 5.32 Å². The Labute approximate surface area is 116 Å². The van der Waals surface area contributed by atoms with Gasteiger partial charge in [-0.2, -0.15) is 0 Å². The Hall–Kier alpha value is -1.16. The van der Waals surface area contributed by atoms with Crippen molar-refractivity contribution in [3.63, 3.8) is 0 Å². The number of amides is 1. The average molecular weight is 288 g/mol. The Kier molecular flexibility index (Phi) is 4.40. The summed E-state index contributed by atoms with van der Waals surface area (Å²) in [5.41, 5.74) is -0.303. The van der Waals surface area contributed by atoms with Crippen molar-refractivity contribution in [1.82, 2.24) is 5.32 Å². The summed E-state index contributed by atoms with van der Waals surface area (Å²) in [7, 11) is 0. The molecule has 0 spiro atoms. The highest BCUT2D eigenvalue weighted by Crippen LogP contribution is 2.30. The molecule has 1 amide bonds. The van der Waals surface area contributed by atoms with Gasteiger partial charge in [0.25, 0.3) is 0 Å². The van der Waals surface area contributed by atoms with Gasteiger partial charge in [-0.25, -0.2) is 8.78 Å². The minimum Gasteiger partial charge on any atom is -0.349 e. The van der Waals surface area contributed by atoms with E-state index in [0.717, 1.165) is 31.7 Å². The largest absolute Gasteiger partial charge is 0.349 e. The zero-order valence-electron chi connectivity index (χ0n) is 10.5. The normalized spacial score (nSPS) is 17.4. The van der Waals surface area contributed by atoms with Gasteiger partial charge in [0.1, 0.15) is 0 Å². The molecule has 0 radical (unpaired) electrons. The molecule has 1 aliphatic rings. The van der Waals surface area contributed by atoms with Crippen LogP contribution in [0.1, 0.15) is 31.2 Å². The molecular formula is C14H16ClF2NO. The fraction of sp³-hybridized carbons (Fsp3) is 0.500. The Bertz CT molecular complexity index is 473. The molecule has 19 heavy (non-hydrogen) atoms. The van der Waals surface area contributed by atoms with E-state index in [0.29, 0.717) is 5.88 Å². The van der Waals surface area contributed by atoms with Crippen LogP contribution >= 0.6 is 11.6 Å². The number of halogens is 3. The molecule has 2 nitrogen and oxygen atoms in total. The van der Waals surface area contributed by atoms with Gasteiger partial charge in [-0.1, -0.05) is 25.0 Å². The molecule has 0 saturated heterocycles. The summed E-state index contributed by atoms with van der Waals surface area (Å²) in [6.45, 7) is 0. The second kappa shape index (κ2) is 5.87. The lowest BCUT2D eigenvalue weighted by Crippen LogP contribution is -2.48. The van der Waals surface area contributed by atoms with Gasteiger partial charge in [0.05, 0.1) is 12.0 Å². The minimum absolute atomic E-state index is 0.0696. The van der Waals surface area contributed by atoms with E-state index >= 15 is 0 Å². The first-order valence-corrected chi connectivity index (χ1v) is 6.90. The highest BCUT2D eigenvalue weighted by atomic mass is 35.5. The molecule has 1 saturated carbocycles. The van der Waals surface area contributed by atoms with E-state index in [1.54, 1.807) is 0 Å². The third-order valence-corrected chi connectivity index (χ3v) is 4.12. The highest BCUT2D eigenvalue weighted by molar-refractivity contribution is 6.18. The molecule has 0 aromatic heterocycles. The summed E-state index contributed by atoms with van der Waals surface area (Å²) in [4.78, 5) is 11.9. The summed E-state index contributed by atoms with van der Waals surface area (Å²) in [6.07, 6.45) is 3.58. The molecule has 0 unspecified atom stereocenters. The molecule has 5 heteroatoms. The molecule has 1 fully saturated rings. The van der Waals surface area contributed by atoms with E-state index in [4.69, 9.17) is 11.6 Å². The maximum Gasteiger partial charge on any atom is 0.224 e. The molecule has 2 rings (SSSR count). The molecule has 0 bridgehead atoms. The Morgan fingerprint density at radius 3 is 2.63 bits per heavy atom. The monoisotopic (exact) mass is 287 g/mol. The van der Waals surface area contributed by atoms with Gasteiger partial charge in [-0.05, 0) is 18.9 Å². The standard InChI is InChI=1S/C14H16ClF2NO/c15-9-14(6-1-2-7-14)18-12(19)8-10-4-3-5-11(16)13(10)17/h3-5H,1-2,6-9H2,(H,18,19). The Balaban J connectivity index is 2.03. The van der Waals surface area contributed by atoms with Crippen molar-refractivity contribution in [1.29, 1.82) is 0 Å². The summed E-state index contributed by atoms with van der Waals surface area (Å²) in [6, 6.07) is 3.85. The van der Waals surface area contributed by atoms with Crippen LogP contribution in [0.4, 0.5) is 8.78 Å². The van der Waals surface area contributed by atoms with E-state index in [1.165, 1.54) is 12.1 Å². The average Bonchev–Trinajstić information content (AvgIpc) is 2.84. The fourth-order valence-corrected chi connectivity index (χ4v) is 2.88. The number of hydrogen-bond donors (Lipinski definition) is 1. The van der Waals surface area contributed by atoms with Crippen molar-refractivity contribution in [3.05, 3.63) is 35.4 Å². The molecule has 104 valence electrons. The molecule has 0 atom stereocenters. The Morgan fingerprint density at radius 1 is 1.32 bits per heavy atom. The summed E-state index contributed by atoms with van der Waals surface area (Å²) >= 11 is 5.92. The van der Waals surface area contributed by atoms with Crippen molar-refractivity contribution in [2.45, 2.75) is 37.6 Å². The fourth-order valence-electron chi connectivity index (χ4n) is 2.54. The molecule has 0 aliphatic heterocycles. The third-order valence-electron chi connectivity index (χ3n) is 3.60. The molecule has 0 heterocycles. The number of carbonyl (C=O) groups is 1. The Morgan fingerprint density at radius 2 is 2.00 bits per heavy atom. The first kappa shape index (κ1) is 14.3. The molecule has 1 aromatic rings. The van der Waals surface area contributed by atoms with Crippen LogP contribution < -0.4 is 5.32 Å². The third kappa shape index (κ3) is 3.24. The van der Waals surface area contributed by atoms with Crippen molar-refractivity contribution < 1.29 is 13.6 Å². The van der Waals surface area contributed by atoms with Gasteiger partial charge in [-0.15, -0.1) is 11.6 Å². The molecule has 1 N–H and O–H groups in total. The number of benzene rings is 1. The predicted molar refractivity (Wildman–Crippen MR) is 70.1 cm³/mol. The molecule has 1 aromatic carbocycles. The maximum absolute atomic E-state index is 13.5. The van der Waals surface area contributed by atoms with Crippen molar-refractivity contribution in [2.24, 2.45) is 0 Å². The second-order valence-corrected chi connectivity index (χ2v) is 5.33. The van der Waals surface area contributed by atoms with Crippen molar-refractivity contribution >= 4 is 17.5 Å². The molecule has 1 aliphatic carbocycles. The van der Waals surface area contributed by atoms with Gasteiger partial charge in [0.2, 0.25) is 5.91 Å². The van der Waals surface area contributed by atoms with Gasteiger partial charge >= 0.3 is 0 Å². The van der Waals surface area contributed by atoms with Crippen LogP contribution in [0, 0.1) is 11.6 Å². The smallest absolute Gasteiger partial charge is 0.224 e. The van der Waals surface area contributed by atoms with Gasteiger partial charge in [0.15, 0.2) is 11.6 Å².